The molecule has 0 spiro atoms. The zero-order chi connectivity index (χ0) is 21.1. The quantitative estimate of drug-likeness (QED) is 0.709. The Bertz CT molecular complexity index is 1050. The molecule has 154 valence electrons. The summed E-state index contributed by atoms with van der Waals surface area (Å²) >= 11 is 0. The van der Waals surface area contributed by atoms with Crippen molar-refractivity contribution in [1.82, 2.24) is 14.7 Å². The Labute approximate surface area is 175 Å². The Morgan fingerprint density at radius 1 is 1.20 bits per heavy atom. The molecule has 1 N–H and O–H groups in total. The van der Waals surface area contributed by atoms with E-state index in [4.69, 9.17) is 4.74 Å². The van der Waals surface area contributed by atoms with Gasteiger partial charge < -0.3 is 15.0 Å². The summed E-state index contributed by atoms with van der Waals surface area (Å²) < 4.78 is 7.61. The van der Waals surface area contributed by atoms with Gasteiger partial charge in [-0.3, -0.25) is 14.3 Å². The number of nitrogens with zero attached hydrogens (tertiary/aromatic N) is 3. The first kappa shape index (κ1) is 19.8. The first-order valence-electron chi connectivity index (χ1n) is 9.87. The van der Waals surface area contributed by atoms with E-state index in [1.807, 2.05) is 61.5 Å². The third-order valence-corrected chi connectivity index (χ3v) is 5.23. The van der Waals surface area contributed by atoms with Gasteiger partial charge in [0.1, 0.15) is 6.04 Å². The number of para-hydroxylation sites is 1. The number of fused-ring (bicyclic) bond motifs is 1. The van der Waals surface area contributed by atoms with Crippen LogP contribution in [0.5, 0.6) is 0 Å². The molecule has 1 aliphatic heterocycles. The second kappa shape index (κ2) is 8.51. The maximum atomic E-state index is 13.3. The minimum absolute atomic E-state index is 0.255. The zero-order valence-electron chi connectivity index (χ0n) is 17.0. The summed E-state index contributed by atoms with van der Waals surface area (Å²) in [6.07, 6.45) is 2.66. The van der Waals surface area contributed by atoms with Crippen LogP contribution >= 0.6 is 0 Å². The molecule has 1 aromatic heterocycles. The van der Waals surface area contributed by atoms with Crippen molar-refractivity contribution < 1.29 is 14.3 Å². The second-order valence-corrected chi connectivity index (χ2v) is 7.43. The number of hydrogen-bond acceptors (Lipinski definition) is 4. The van der Waals surface area contributed by atoms with Crippen LogP contribution in [0.3, 0.4) is 0 Å². The van der Waals surface area contributed by atoms with Crippen LogP contribution in [-0.2, 0) is 29.7 Å². The van der Waals surface area contributed by atoms with E-state index in [9.17, 15) is 9.59 Å². The van der Waals surface area contributed by atoms with Gasteiger partial charge in [0.15, 0.2) is 0 Å². The standard InChI is InChI=1S/C23H24N4O3/c1-16(30-15-17-8-4-3-5-9-17)21-22(28)25-20-11-7-6-10-18(20)14-27(21)23(29)19-12-24-26(2)13-19/h3-13,16,21H,14-15H2,1-2H3,(H,25,28)/t16-,21+/m1/s1. The summed E-state index contributed by atoms with van der Waals surface area (Å²) in [4.78, 5) is 28.1. The number of hydrogen-bond donors (Lipinski definition) is 1. The van der Waals surface area contributed by atoms with Crippen molar-refractivity contribution in [3.8, 4) is 0 Å². The minimum atomic E-state index is -0.784. The van der Waals surface area contributed by atoms with E-state index >= 15 is 0 Å². The van der Waals surface area contributed by atoms with Crippen molar-refractivity contribution >= 4 is 17.5 Å². The molecular weight excluding hydrogens is 380 g/mol. The molecule has 7 nitrogen and oxygen atoms in total. The maximum Gasteiger partial charge on any atom is 0.258 e. The van der Waals surface area contributed by atoms with Gasteiger partial charge in [-0.05, 0) is 24.1 Å². The van der Waals surface area contributed by atoms with Gasteiger partial charge in [-0.2, -0.15) is 5.10 Å². The Hall–Kier alpha value is -3.45. The summed E-state index contributed by atoms with van der Waals surface area (Å²) in [5.41, 5.74) is 3.03. The fourth-order valence-corrected chi connectivity index (χ4v) is 3.67. The monoisotopic (exact) mass is 404 g/mol. The van der Waals surface area contributed by atoms with Gasteiger partial charge in [0.25, 0.3) is 5.91 Å². The molecule has 2 heterocycles. The average Bonchev–Trinajstić information content (AvgIpc) is 3.12. The van der Waals surface area contributed by atoms with Crippen molar-refractivity contribution in [2.75, 3.05) is 5.32 Å². The molecule has 0 radical (unpaired) electrons. The Balaban J connectivity index is 1.64. The summed E-state index contributed by atoms with van der Waals surface area (Å²) in [7, 11) is 1.75. The molecule has 3 aromatic rings. The molecule has 2 atom stereocenters. The van der Waals surface area contributed by atoms with Gasteiger partial charge in [0.2, 0.25) is 5.91 Å². The van der Waals surface area contributed by atoms with E-state index in [2.05, 4.69) is 10.4 Å². The third kappa shape index (κ3) is 4.11. The van der Waals surface area contributed by atoms with Crippen LogP contribution in [0, 0.1) is 0 Å². The van der Waals surface area contributed by atoms with Crippen molar-refractivity contribution in [1.29, 1.82) is 0 Å². The molecule has 0 bridgehead atoms. The van der Waals surface area contributed by atoms with Crippen molar-refractivity contribution in [3.63, 3.8) is 0 Å². The number of nitrogens with one attached hydrogen (secondary N) is 1. The molecule has 1 aliphatic rings. The van der Waals surface area contributed by atoms with Crippen molar-refractivity contribution in [3.05, 3.63) is 83.7 Å². The fourth-order valence-electron chi connectivity index (χ4n) is 3.67. The number of rotatable bonds is 5. The van der Waals surface area contributed by atoms with Crippen LogP contribution in [-0.4, -0.2) is 38.6 Å². The predicted octanol–water partition coefficient (Wildman–Crippen LogP) is 2.99. The van der Waals surface area contributed by atoms with Crippen LogP contribution in [0.4, 0.5) is 5.69 Å². The van der Waals surface area contributed by atoms with Crippen molar-refractivity contribution in [2.45, 2.75) is 32.2 Å². The van der Waals surface area contributed by atoms with E-state index in [1.54, 1.807) is 22.8 Å². The molecular formula is C23H24N4O3. The number of carbonyl (C=O) groups excluding carboxylic acids is 2. The van der Waals surface area contributed by atoms with Crippen LogP contribution < -0.4 is 5.32 Å². The van der Waals surface area contributed by atoms with Gasteiger partial charge in [-0.15, -0.1) is 0 Å². The van der Waals surface area contributed by atoms with Crippen LogP contribution in [0.15, 0.2) is 67.0 Å². The molecule has 0 saturated carbocycles. The van der Waals surface area contributed by atoms with E-state index in [0.29, 0.717) is 24.4 Å². The third-order valence-electron chi connectivity index (χ3n) is 5.23. The van der Waals surface area contributed by atoms with Crippen LogP contribution in [0.2, 0.25) is 0 Å². The SMILES string of the molecule is C[C@@H](OCc1ccccc1)[C@H]1C(=O)Nc2ccccc2CN1C(=O)c1cnn(C)c1. The van der Waals surface area contributed by atoms with E-state index in [0.717, 1.165) is 11.1 Å². The van der Waals surface area contributed by atoms with Gasteiger partial charge in [-0.25, -0.2) is 0 Å². The summed E-state index contributed by atoms with van der Waals surface area (Å²) in [5.74, 6) is -0.520. The highest BCUT2D eigenvalue weighted by molar-refractivity contribution is 6.02. The number of aromatic nitrogens is 2. The molecule has 7 heteroatoms. The highest BCUT2D eigenvalue weighted by atomic mass is 16.5. The topological polar surface area (TPSA) is 76.5 Å². The molecule has 2 aromatic carbocycles. The highest BCUT2D eigenvalue weighted by Crippen LogP contribution is 2.26. The molecule has 0 saturated heterocycles. The number of carbonyl (C=O) groups is 2. The maximum absolute atomic E-state index is 13.3. The average molecular weight is 404 g/mol. The lowest BCUT2D eigenvalue weighted by atomic mass is 10.1. The fraction of sp³-hybridized carbons (Fsp3) is 0.261. The van der Waals surface area contributed by atoms with Gasteiger partial charge >= 0.3 is 0 Å². The molecule has 4 rings (SSSR count). The number of benzene rings is 2. The van der Waals surface area contributed by atoms with Crippen LogP contribution in [0.1, 0.15) is 28.4 Å². The number of ether oxygens (including phenoxy) is 1. The Morgan fingerprint density at radius 2 is 1.93 bits per heavy atom. The Morgan fingerprint density at radius 3 is 2.67 bits per heavy atom. The minimum Gasteiger partial charge on any atom is -0.371 e. The summed E-state index contributed by atoms with van der Waals surface area (Å²) in [5, 5.41) is 7.06. The number of aryl methyl sites for hydroxylation is 1. The van der Waals surface area contributed by atoms with E-state index < -0.39 is 12.1 Å². The first-order valence-corrected chi connectivity index (χ1v) is 9.87. The van der Waals surface area contributed by atoms with Gasteiger partial charge in [-0.1, -0.05) is 48.5 Å². The van der Waals surface area contributed by atoms with Crippen molar-refractivity contribution in [2.24, 2.45) is 7.05 Å². The molecule has 0 fully saturated rings. The number of amides is 2. The molecule has 0 aliphatic carbocycles. The van der Waals surface area contributed by atoms with E-state index in [1.165, 1.54) is 6.20 Å². The molecule has 30 heavy (non-hydrogen) atoms. The largest absolute Gasteiger partial charge is 0.371 e. The smallest absolute Gasteiger partial charge is 0.258 e. The highest BCUT2D eigenvalue weighted by Gasteiger charge is 2.38. The predicted molar refractivity (Wildman–Crippen MR) is 113 cm³/mol. The lowest BCUT2D eigenvalue weighted by Gasteiger charge is -2.32. The van der Waals surface area contributed by atoms with Crippen LogP contribution in [0.25, 0.3) is 0 Å². The first-order chi connectivity index (χ1) is 14.5. The molecule has 2 amide bonds. The second-order valence-electron chi connectivity index (χ2n) is 7.43. The number of anilines is 1. The summed E-state index contributed by atoms with van der Waals surface area (Å²) in [6.45, 7) is 2.48. The lowest BCUT2D eigenvalue weighted by Crippen LogP contribution is -2.51. The van der Waals surface area contributed by atoms with E-state index in [-0.39, 0.29) is 11.8 Å². The molecule has 0 unspecified atom stereocenters. The normalized spacial score (nSPS) is 17.1. The van der Waals surface area contributed by atoms with Gasteiger partial charge in [0.05, 0.1) is 24.5 Å². The lowest BCUT2D eigenvalue weighted by molar-refractivity contribution is -0.126. The summed E-state index contributed by atoms with van der Waals surface area (Å²) in [6, 6.07) is 16.5. The Kier molecular flexibility index (Phi) is 5.63. The van der Waals surface area contributed by atoms with Gasteiger partial charge in [0, 0.05) is 25.5 Å². The zero-order valence-corrected chi connectivity index (χ0v) is 17.0.